The molecule has 0 fully saturated rings. The van der Waals surface area contributed by atoms with Crippen LogP contribution in [0.5, 0.6) is 0 Å². The Hall–Kier alpha value is -1.99. The number of carbonyl (C=O) groups is 2. The Morgan fingerprint density at radius 1 is 1.20 bits per heavy atom. The molecular weight excluding hydrogens is 350 g/mol. The Balaban J connectivity index is 2.25. The van der Waals surface area contributed by atoms with Crippen molar-refractivity contribution in [2.24, 2.45) is 0 Å². The normalized spacial score (nSPS) is 10.1. The third-order valence-corrected chi connectivity index (χ3v) is 3.22. The van der Waals surface area contributed by atoms with Crippen molar-refractivity contribution >= 4 is 45.1 Å². The van der Waals surface area contributed by atoms with Crippen molar-refractivity contribution in [3.63, 3.8) is 0 Å². The average Bonchev–Trinajstić information content (AvgIpc) is 2.41. The summed E-state index contributed by atoms with van der Waals surface area (Å²) in [5.41, 5.74) is 0.458. The highest BCUT2D eigenvalue weighted by Crippen LogP contribution is 2.24. The summed E-state index contributed by atoms with van der Waals surface area (Å²) in [5.74, 6) is -1.60. The molecule has 2 N–H and O–H groups in total. The molecule has 1 amide bonds. The number of amides is 1. The van der Waals surface area contributed by atoms with Gasteiger partial charge in [-0.1, -0.05) is 11.6 Å². The zero-order valence-corrected chi connectivity index (χ0v) is 12.1. The zero-order valence-electron chi connectivity index (χ0n) is 9.80. The lowest BCUT2D eigenvalue weighted by Crippen LogP contribution is -2.15. The molecule has 0 bridgehead atoms. The minimum atomic E-state index is -1.08. The van der Waals surface area contributed by atoms with Crippen LogP contribution in [0.1, 0.15) is 20.8 Å². The maximum absolute atomic E-state index is 11.9. The molecule has 0 unspecified atom stereocenters. The van der Waals surface area contributed by atoms with Gasteiger partial charge in [0.1, 0.15) is 0 Å². The second-order valence-corrected chi connectivity index (χ2v) is 4.94. The number of halogens is 2. The van der Waals surface area contributed by atoms with Crippen molar-refractivity contribution < 1.29 is 14.7 Å². The number of hydrogen-bond donors (Lipinski definition) is 2. The summed E-state index contributed by atoms with van der Waals surface area (Å²) in [7, 11) is 0. The fourth-order valence-corrected chi connectivity index (χ4v) is 1.82. The van der Waals surface area contributed by atoms with E-state index >= 15 is 0 Å². The largest absolute Gasteiger partial charge is 0.478 e. The van der Waals surface area contributed by atoms with Gasteiger partial charge in [0.15, 0.2) is 10.8 Å². The molecule has 8 heteroatoms. The molecule has 0 spiro atoms. The van der Waals surface area contributed by atoms with E-state index in [0.717, 1.165) is 0 Å². The number of rotatable bonds is 3. The van der Waals surface area contributed by atoms with E-state index < -0.39 is 11.9 Å². The van der Waals surface area contributed by atoms with Crippen molar-refractivity contribution in [1.29, 1.82) is 0 Å². The first kappa shape index (κ1) is 14.4. The summed E-state index contributed by atoms with van der Waals surface area (Å²) in [5, 5.41) is 18.8. The summed E-state index contributed by atoms with van der Waals surface area (Å²) < 4.78 is 0.553. The molecule has 0 saturated heterocycles. The molecule has 0 atom stereocenters. The summed E-state index contributed by atoms with van der Waals surface area (Å²) in [4.78, 5) is 22.8. The van der Waals surface area contributed by atoms with E-state index in [9.17, 15) is 9.59 Å². The monoisotopic (exact) mass is 355 g/mol. The van der Waals surface area contributed by atoms with Crippen LogP contribution in [0, 0.1) is 0 Å². The van der Waals surface area contributed by atoms with E-state index in [1.807, 2.05) is 0 Å². The molecule has 0 saturated carbocycles. The lowest BCUT2D eigenvalue weighted by atomic mass is 10.2. The lowest BCUT2D eigenvalue weighted by molar-refractivity contribution is 0.0696. The smallest absolute Gasteiger partial charge is 0.335 e. The SMILES string of the molecule is O=C(O)c1ccc(Br)c(NC(=O)c2ccc(Cl)nn2)c1. The molecule has 1 aromatic heterocycles. The number of anilines is 1. The Bertz CT molecular complexity index is 676. The Morgan fingerprint density at radius 2 is 1.95 bits per heavy atom. The van der Waals surface area contributed by atoms with Crippen molar-refractivity contribution in [2.75, 3.05) is 5.32 Å². The summed E-state index contributed by atoms with van der Waals surface area (Å²) in [6.07, 6.45) is 0. The summed E-state index contributed by atoms with van der Waals surface area (Å²) in [6.45, 7) is 0. The van der Waals surface area contributed by atoms with Gasteiger partial charge in [0.2, 0.25) is 0 Å². The molecule has 102 valence electrons. The first-order chi connectivity index (χ1) is 9.47. The van der Waals surface area contributed by atoms with Gasteiger partial charge in [-0.25, -0.2) is 4.79 Å². The molecule has 0 aliphatic rings. The second-order valence-electron chi connectivity index (χ2n) is 3.70. The Morgan fingerprint density at radius 3 is 2.55 bits per heavy atom. The van der Waals surface area contributed by atoms with Gasteiger partial charge >= 0.3 is 5.97 Å². The summed E-state index contributed by atoms with van der Waals surface area (Å²) in [6, 6.07) is 7.15. The average molecular weight is 357 g/mol. The number of aromatic nitrogens is 2. The molecule has 20 heavy (non-hydrogen) atoms. The maximum atomic E-state index is 11.9. The van der Waals surface area contributed by atoms with Crippen LogP contribution in [0.4, 0.5) is 5.69 Å². The minimum absolute atomic E-state index is 0.0608. The van der Waals surface area contributed by atoms with Gasteiger partial charge in [0.05, 0.1) is 11.3 Å². The van der Waals surface area contributed by atoms with Crippen LogP contribution in [0.25, 0.3) is 0 Å². The van der Waals surface area contributed by atoms with E-state index in [2.05, 4.69) is 31.4 Å². The van der Waals surface area contributed by atoms with Crippen LogP contribution >= 0.6 is 27.5 Å². The van der Waals surface area contributed by atoms with E-state index in [1.165, 1.54) is 30.3 Å². The third-order valence-electron chi connectivity index (χ3n) is 2.33. The standard InChI is InChI=1S/C12H7BrClN3O3/c13-7-2-1-6(12(19)20)5-9(7)15-11(18)8-3-4-10(14)17-16-8/h1-5H,(H,15,18)(H,19,20). The molecule has 0 aliphatic carbocycles. The van der Waals surface area contributed by atoms with Crippen LogP contribution in [-0.4, -0.2) is 27.2 Å². The van der Waals surface area contributed by atoms with E-state index in [0.29, 0.717) is 10.2 Å². The maximum Gasteiger partial charge on any atom is 0.335 e. The van der Waals surface area contributed by atoms with Crippen LogP contribution < -0.4 is 5.32 Å². The topological polar surface area (TPSA) is 92.2 Å². The van der Waals surface area contributed by atoms with Gasteiger partial charge in [0, 0.05) is 4.47 Å². The first-order valence-electron chi connectivity index (χ1n) is 5.31. The lowest BCUT2D eigenvalue weighted by Gasteiger charge is -2.07. The number of carboxylic acid groups (broad SMARTS) is 1. The van der Waals surface area contributed by atoms with Gasteiger partial charge in [-0.2, -0.15) is 0 Å². The predicted octanol–water partition coefficient (Wildman–Crippen LogP) is 2.84. The first-order valence-corrected chi connectivity index (χ1v) is 6.48. The number of benzene rings is 1. The van der Waals surface area contributed by atoms with Crippen molar-refractivity contribution in [3.8, 4) is 0 Å². The molecule has 2 rings (SSSR count). The molecule has 1 aromatic carbocycles. The Kier molecular flexibility index (Phi) is 4.31. The van der Waals surface area contributed by atoms with Crippen LogP contribution in [0.2, 0.25) is 5.15 Å². The quantitative estimate of drug-likeness (QED) is 0.882. The number of hydrogen-bond acceptors (Lipinski definition) is 4. The second kappa shape index (κ2) is 5.98. The highest BCUT2D eigenvalue weighted by Gasteiger charge is 2.12. The Labute approximate surface area is 126 Å². The van der Waals surface area contributed by atoms with E-state index in [-0.39, 0.29) is 16.4 Å². The van der Waals surface area contributed by atoms with Gasteiger partial charge in [-0.3, -0.25) is 4.79 Å². The number of nitrogens with one attached hydrogen (secondary N) is 1. The third kappa shape index (κ3) is 3.31. The van der Waals surface area contributed by atoms with E-state index in [1.54, 1.807) is 0 Å². The van der Waals surface area contributed by atoms with Gasteiger partial charge in [-0.15, -0.1) is 10.2 Å². The minimum Gasteiger partial charge on any atom is -0.478 e. The predicted molar refractivity (Wildman–Crippen MR) is 76.1 cm³/mol. The molecule has 2 aromatic rings. The van der Waals surface area contributed by atoms with Gasteiger partial charge < -0.3 is 10.4 Å². The molecule has 0 aliphatic heterocycles. The van der Waals surface area contributed by atoms with Crippen LogP contribution in [0.3, 0.4) is 0 Å². The van der Waals surface area contributed by atoms with Crippen molar-refractivity contribution in [1.82, 2.24) is 10.2 Å². The number of aromatic carboxylic acids is 1. The number of carboxylic acids is 1. The molecule has 6 nitrogen and oxygen atoms in total. The zero-order chi connectivity index (χ0) is 14.7. The van der Waals surface area contributed by atoms with Crippen LogP contribution in [0.15, 0.2) is 34.8 Å². The molecule has 0 radical (unpaired) electrons. The molecule has 1 heterocycles. The van der Waals surface area contributed by atoms with E-state index in [4.69, 9.17) is 16.7 Å². The van der Waals surface area contributed by atoms with Crippen molar-refractivity contribution in [2.45, 2.75) is 0 Å². The number of nitrogens with zero attached hydrogens (tertiary/aromatic N) is 2. The molecular formula is C12H7BrClN3O3. The summed E-state index contributed by atoms with van der Waals surface area (Å²) >= 11 is 8.81. The van der Waals surface area contributed by atoms with Gasteiger partial charge in [0.25, 0.3) is 5.91 Å². The number of carbonyl (C=O) groups excluding carboxylic acids is 1. The fraction of sp³-hybridized carbons (Fsp3) is 0. The van der Waals surface area contributed by atoms with Crippen molar-refractivity contribution in [3.05, 3.63) is 51.2 Å². The fourth-order valence-electron chi connectivity index (χ4n) is 1.38. The highest BCUT2D eigenvalue weighted by atomic mass is 79.9. The highest BCUT2D eigenvalue weighted by molar-refractivity contribution is 9.10. The van der Waals surface area contributed by atoms with Crippen LogP contribution in [-0.2, 0) is 0 Å². The van der Waals surface area contributed by atoms with Gasteiger partial charge in [-0.05, 0) is 46.3 Å².